The molecule has 0 unspecified atom stereocenters. The van der Waals surface area contributed by atoms with Gasteiger partial charge in [-0.3, -0.25) is 0 Å². The van der Waals surface area contributed by atoms with Crippen molar-refractivity contribution in [3.63, 3.8) is 0 Å². The number of methoxy groups -OCH3 is 1. The Bertz CT molecular complexity index is 1050. The Morgan fingerprint density at radius 1 is 0.885 bits per heavy atom. The van der Waals surface area contributed by atoms with Gasteiger partial charge in [0.1, 0.15) is 11.6 Å². The molecule has 0 bridgehead atoms. The number of ether oxygens (including phenoxy) is 1. The van der Waals surface area contributed by atoms with Crippen LogP contribution in [0.1, 0.15) is 5.56 Å². The van der Waals surface area contributed by atoms with Gasteiger partial charge in [-0.15, -0.1) is 0 Å². The van der Waals surface area contributed by atoms with E-state index < -0.39 is 0 Å². The van der Waals surface area contributed by atoms with Gasteiger partial charge in [-0.2, -0.15) is 0 Å². The zero-order valence-electron chi connectivity index (χ0n) is 14.1. The number of fused-ring (bicyclic) bond motifs is 1. The molecule has 1 heterocycles. The summed E-state index contributed by atoms with van der Waals surface area (Å²) in [5, 5.41) is 1.30. The molecule has 0 aliphatic heterocycles. The van der Waals surface area contributed by atoms with Crippen LogP contribution in [-0.2, 0) is 6.54 Å². The number of nitrogens with zero attached hydrogens (tertiary/aromatic N) is 2. The minimum absolute atomic E-state index is 0.542. The van der Waals surface area contributed by atoms with Crippen molar-refractivity contribution in [3.8, 4) is 17.1 Å². The van der Waals surface area contributed by atoms with Crippen LogP contribution < -0.4 is 4.74 Å². The second kappa shape index (κ2) is 7.02. The van der Waals surface area contributed by atoms with Crippen molar-refractivity contribution in [2.45, 2.75) is 6.54 Å². The van der Waals surface area contributed by atoms with Crippen molar-refractivity contribution >= 4 is 34.2 Å². The highest BCUT2D eigenvalue weighted by Crippen LogP contribution is 2.31. The topological polar surface area (TPSA) is 27.1 Å². The Balaban J connectivity index is 1.89. The van der Waals surface area contributed by atoms with E-state index in [-0.39, 0.29) is 0 Å². The molecule has 4 rings (SSSR count). The quantitative estimate of drug-likeness (QED) is 0.428. The van der Waals surface area contributed by atoms with E-state index in [9.17, 15) is 0 Å². The van der Waals surface area contributed by atoms with Gasteiger partial charge in [-0.05, 0) is 48.5 Å². The molecule has 0 spiro atoms. The summed E-state index contributed by atoms with van der Waals surface area (Å²) in [5.74, 6) is 1.68. The Morgan fingerprint density at radius 2 is 1.58 bits per heavy atom. The zero-order chi connectivity index (χ0) is 18.1. The summed E-state index contributed by atoms with van der Waals surface area (Å²) in [6.07, 6.45) is 0. The van der Waals surface area contributed by atoms with Crippen molar-refractivity contribution in [2.24, 2.45) is 0 Å². The second-order valence-electron chi connectivity index (χ2n) is 5.94. The normalized spacial score (nSPS) is 11.0. The fourth-order valence-corrected chi connectivity index (χ4v) is 3.55. The molecule has 3 nitrogen and oxygen atoms in total. The van der Waals surface area contributed by atoms with E-state index in [1.54, 1.807) is 7.11 Å². The first-order valence-electron chi connectivity index (χ1n) is 8.20. The van der Waals surface area contributed by atoms with Crippen molar-refractivity contribution in [1.29, 1.82) is 0 Å². The second-order valence-corrected chi connectivity index (χ2v) is 6.75. The number of aromatic nitrogens is 2. The Labute approximate surface area is 161 Å². The average molecular weight is 383 g/mol. The van der Waals surface area contributed by atoms with Crippen molar-refractivity contribution in [2.75, 3.05) is 7.11 Å². The predicted molar refractivity (Wildman–Crippen MR) is 107 cm³/mol. The third kappa shape index (κ3) is 3.05. The van der Waals surface area contributed by atoms with Gasteiger partial charge in [-0.25, -0.2) is 4.98 Å². The lowest BCUT2D eigenvalue weighted by molar-refractivity contribution is 0.415. The number of hydrogen-bond acceptors (Lipinski definition) is 2. The summed E-state index contributed by atoms with van der Waals surface area (Å²) in [6, 6.07) is 21.5. The van der Waals surface area contributed by atoms with Crippen molar-refractivity contribution < 1.29 is 4.74 Å². The van der Waals surface area contributed by atoms with Crippen molar-refractivity contribution in [1.82, 2.24) is 9.55 Å². The van der Waals surface area contributed by atoms with E-state index in [1.165, 1.54) is 0 Å². The molecule has 130 valence electrons. The van der Waals surface area contributed by atoms with E-state index in [1.807, 2.05) is 60.7 Å². The number of hydrogen-bond donors (Lipinski definition) is 0. The molecule has 5 heteroatoms. The largest absolute Gasteiger partial charge is 0.497 e. The first kappa shape index (κ1) is 17.0. The van der Waals surface area contributed by atoms with Crippen molar-refractivity contribution in [3.05, 3.63) is 82.3 Å². The fraction of sp³-hybridized carbons (Fsp3) is 0.0952. The molecule has 0 aliphatic rings. The van der Waals surface area contributed by atoms with Crippen LogP contribution in [0.15, 0.2) is 66.7 Å². The molecule has 0 N–H and O–H groups in total. The lowest BCUT2D eigenvalue weighted by Gasteiger charge is -2.12. The highest BCUT2D eigenvalue weighted by molar-refractivity contribution is 6.36. The average Bonchev–Trinajstić information content (AvgIpc) is 3.03. The maximum Gasteiger partial charge on any atom is 0.141 e. The van der Waals surface area contributed by atoms with Gasteiger partial charge in [0.25, 0.3) is 0 Å². The molecule has 26 heavy (non-hydrogen) atoms. The summed E-state index contributed by atoms with van der Waals surface area (Å²) in [4.78, 5) is 4.83. The Hall–Kier alpha value is -2.49. The van der Waals surface area contributed by atoms with E-state index in [4.69, 9.17) is 32.9 Å². The Kier molecular flexibility index (Phi) is 4.58. The van der Waals surface area contributed by atoms with E-state index in [0.717, 1.165) is 33.7 Å². The summed E-state index contributed by atoms with van der Waals surface area (Å²) in [6.45, 7) is 0.542. The lowest BCUT2D eigenvalue weighted by atomic mass is 10.2. The van der Waals surface area contributed by atoms with Crippen LogP contribution in [0.3, 0.4) is 0 Å². The summed E-state index contributed by atoms with van der Waals surface area (Å²) >= 11 is 12.8. The Morgan fingerprint density at radius 3 is 2.27 bits per heavy atom. The van der Waals surface area contributed by atoms with Crippen LogP contribution in [0.4, 0.5) is 0 Å². The van der Waals surface area contributed by atoms with Crippen LogP contribution in [0, 0.1) is 0 Å². The molecule has 4 aromatic rings. The van der Waals surface area contributed by atoms with Crippen LogP contribution in [0.25, 0.3) is 22.4 Å². The number of benzene rings is 3. The highest BCUT2D eigenvalue weighted by Gasteiger charge is 2.15. The fourth-order valence-electron chi connectivity index (χ4n) is 3.04. The molecule has 0 aliphatic carbocycles. The molecule has 0 saturated carbocycles. The monoisotopic (exact) mass is 382 g/mol. The number of halogens is 2. The lowest BCUT2D eigenvalue weighted by Crippen LogP contribution is -2.03. The van der Waals surface area contributed by atoms with Gasteiger partial charge in [0.05, 0.1) is 24.7 Å². The summed E-state index contributed by atoms with van der Waals surface area (Å²) in [7, 11) is 1.66. The van der Waals surface area contributed by atoms with Crippen LogP contribution in [0.2, 0.25) is 10.0 Å². The molecule has 0 fully saturated rings. The first-order valence-corrected chi connectivity index (χ1v) is 8.95. The van der Waals surface area contributed by atoms with Crippen LogP contribution in [-0.4, -0.2) is 16.7 Å². The number of rotatable bonds is 4. The van der Waals surface area contributed by atoms with Gasteiger partial charge in [0.15, 0.2) is 0 Å². The third-order valence-electron chi connectivity index (χ3n) is 4.38. The zero-order valence-corrected chi connectivity index (χ0v) is 15.6. The van der Waals surface area contributed by atoms with Gasteiger partial charge in [-0.1, -0.05) is 41.4 Å². The van der Waals surface area contributed by atoms with Gasteiger partial charge < -0.3 is 9.30 Å². The summed E-state index contributed by atoms with van der Waals surface area (Å²) < 4.78 is 7.40. The molecule has 0 radical (unpaired) electrons. The van der Waals surface area contributed by atoms with Gasteiger partial charge in [0, 0.05) is 21.2 Å². The minimum Gasteiger partial charge on any atom is -0.497 e. The number of para-hydroxylation sites is 2. The standard InChI is InChI=1S/C21H16Cl2N2O/c1-26-15-11-9-14(10-12-15)21-24-19-7-2-3-8-20(19)25(21)13-16-17(22)5-4-6-18(16)23/h2-12H,13H2,1H3. The first-order chi connectivity index (χ1) is 12.7. The SMILES string of the molecule is COc1ccc(-c2nc3ccccc3n2Cc2c(Cl)cccc2Cl)cc1. The predicted octanol–water partition coefficient (Wildman–Crippen LogP) is 6.07. The third-order valence-corrected chi connectivity index (χ3v) is 5.09. The number of imidazole rings is 1. The molecule has 1 aromatic heterocycles. The van der Waals surface area contributed by atoms with Gasteiger partial charge >= 0.3 is 0 Å². The maximum atomic E-state index is 6.40. The smallest absolute Gasteiger partial charge is 0.141 e. The molecule has 0 saturated heterocycles. The van der Waals surface area contributed by atoms with E-state index in [0.29, 0.717) is 16.6 Å². The van der Waals surface area contributed by atoms with E-state index >= 15 is 0 Å². The maximum absolute atomic E-state index is 6.40. The van der Waals surface area contributed by atoms with E-state index in [2.05, 4.69) is 10.6 Å². The van der Waals surface area contributed by atoms with Gasteiger partial charge in [0.2, 0.25) is 0 Å². The molecule has 0 amide bonds. The van der Waals surface area contributed by atoms with Crippen LogP contribution in [0.5, 0.6) is 5.75 Å². The molecular weight excluding hydrogens is 367 g/mol. The minimum atomic E-state index is 0.542. The molecular formula is C21H16Cl2N2O. The summed E-state index contributed by atoms with van der Waals surface area (Å²) in [5.41, 5.74) is 3.86. The highest BCUT2D eigenvalue weighted by atomic mass is 35.5. The van der Waals surface area contributed by atoms with Crippen LogP contribution >= 0.6 is 23.2 Å². The molecule has 3 aromatic carbocycles. The molecule has 0 atom stereocenters.